The van der Waals surface area contributed by atoms with Gasteiger partial charge in [-0.2, -0.15) is 8.78 Å². The number of nitrogens with zero attached hydrogens (tertiary/aromatic N) is 3. The maximum atomic E-state index is 13.0. The van der Waals surface area contributed by atoms with Gasteiger partial charge in [0.15, 0.2) is 11.2 Å². The van der Waals surface area contributed by atoms with E-state index in [-0.39, 0.29) is 15.9 Å². The first-order valence-electron chi connectivity index (χ1n) is 8.84. The van der Waals surface area contributed by atoms with Gasteiger partial charge < -0.3 is 15.2 Å². The summed E-state index contributed by atoms with van der Waals surface area (Å²) in [6.45, 7) is -3.32. The molecule has 2 N–H and O–H groups in total. The van der Waals surface area contributed by atoms with E-state index < -0.39 is 51.0 Å². The number of carbonyl (C=O) groups is 1. The molecule has 0 aliphatic rings. The lowest BCUT2D eigenvalue weighted by Crippen LogP contribution is -2.48. The summed E-state index contributed by atoms with van der Waals surface area (Å²) in [6, 6.07) is 8.50. The highest BCUT2D eigenvalue weighted by atomic mass is 32.2. The van der Waals surface area contributed by atoms with Gasteiger partial charge in [0.05, 0.1) is 21.8 Å². The van der Waals surface area contributed by atoms with Gasteiger partial charge in [-0.1, -0.05) is 18.2 Å². The van der Waals surface area contributed by atoms with Crippen LogP contribution in [0.2, 0.25) is 0 Å². The van der Waals surface area contributed by atoms with Crippen LogP contribution in [0.1, 0.15) is 6.92 Å². The molecule has 0 unspecified atom stereocenters. The summed E-state index contributed by atoms with van der Waals surface area (Å²) >= 11 is 0. The fourth-order valence-corrected chi connectivity index (χ4v) is 4.20. The third kappa shape index (κ3) is 4.22. The van der Waals surface area contributed by atoms with Gasteiger partial charge in [-0.3, -0.25) is 10.1 Å². The number of aliphatic carboxylic acids is 1. The second kappa shape index (κ2) is 8.47. The standard InChI is InChI=1S/C18H16F2N4O7S/c1-18(16(25)26,10-31-17(19)20)22-14-12-7-8-23(15(12)21-9-13(14)24(27)28)32(29,30)11-5-3-2-4-6-11/h2-9,17H,10H2,1H3,(H,21,22)(H,25,26)/t18-/m0/s1. The Kier molecular flexibility index (Phi) is 6.09. The number of nitro groups is 1. The summed E-state index contributed by atoms with van der Waals surface area (Å²) in [5.41, 5.74) is -3.54. The number of anilines is 1. The highest BCUT2D eigenvalue weighted by Gasteiger charge is 2.38. The molecule has 14 heteroatoms. The molecule has 0 spiro atoms. The normalized spacial score (nSPS) is 13.8. The lowest BCUT2D eigenvalue weighted by Gasteiger charge is -2.27. The average molecular weight is 470 g/mol. The Hall–Kier alpha value is -3.65. The third-order valence-electron chi connectivity index (χ3n) is 4.53. The molecule has 32 heavy (non-hydrogen) atoms. The molecule has 11 nitrogen and oxygen atoms in total. The Balaban J connectivity index is 2.19. The Bertz CT molecular complexity index is 1280. The number of carboxylic acids is 1. The molecule has 0 aliphatic carbocycles. The van der Waals surface area contributed by atoms with Gasteiger partial charge in [-0.15, -0.1) is 0 Å². The zero-order valence-corrected chi connectivity index (χ0v) is 17.1. The lowest BCUT2D eigenvalue weighted by molar-refractivity contribution is -0.384. The molecule has 170 valence electrons. The predicted molar refractivity (Wildman–Crippen MR) is 107 cm³/mol. The number of rotatable bonds is 9. The molecule has 3 aromatic rings. The second-order valence-electron chi connectivity index (χ2n) is 6.78. The monoisotopic (exact) mass is 470 g/mol. The molecule has 0 amide bonds. The highest BCUT2D eigenvalue weighted by Crippen LogP contribution is 2.35. The largest absolute Gasteiger partial charge is 0.479 e. The molecule has 0 fully saturated rings. The molecule has 0 aliphatic heterocycles. The number of pyridine rings is 1. The number of aromatic nitrogens is 2. The van der Waals surface area contributed by atoms with Crippen LogP contribution in [0.4, 0.5) is 20.2 Å². The van der Waals surface area contributed by atoms with Crippen LogP contribution >= 0.6 is 0 Å². The smallest absolute Gasteiger partial charge is 0.345 e. The van der Waals surface area contributed by atoms with Crippen LogP contribution in [0.15, 0.2) is 53.7 Å². The Labute approximate surface area is 179 Å². The molecule has 2 aromatic heterocycles. The van der Waals surface area contributed by atoms with Crippen molar-refractivity contribution in [2.24, 2.45) is 0 Å². The molecule has 2 heterocycles. The van der Waals surface area contributed by atoms with Crippen LogP contribution in [0.25, 0.3) is 11.0 Å². The van der Waals surface area contributed by atoms with Gasteiger partial charge in [0, 0.05) is 6.20 Å². The van der Waals surface area contributed by atoms with Crippen molar-refractivity contribution in [1.29, 1.82) is 0 Å². The number of fused-ring (bicyclic) bond motifs is 1. The van der Waals surface area contributed by atoms with Gasteiger partial charge in [-0.25, -0.2) is 22.2 Å². The van der Waals surface area contributed by atoms with Crippen LogP contribution in [-0.2, 0) is 19.6 Å². The van der Waals surface area contributed by atoms with Crippen LogP contribution in [-0.4, -0.2) is 52.1 Å². The fourth-order valence-electron chi connectivity index (χ4n) is 2.88. The predicted octanol–water partition coefficient (Wildman–Crippen LogP) is 2.68. The molecule has 3 rings (SSSR count). The minimum atomic E-state index is -4.14. The van der Waals surface area contributed by atoms with Gasteiger partial charge in [0.25, 0.3) is 10.0 Å². The molecular formula is C18H16F2N4O7S. The zero-order chi connectivity index (χ0) is 23.7. The number of alkyl halides is 2. The first-order valence-corrected chi connectivity index (χ1v) is 10.3. The van der Waals surface area contributed by atoms with Crippen molar-refractivity contribution >= 4 is 38.4 Å². The molecule has 1 atom stereocenters. The number of benzene rings is 1. The summed E-state index contributed by atoms with van der Waals surface area (Å²) in [6.07, 6.45) is 1.85. The Morgan fingerprint density at radius 1 is 1.34 bits per heavy atom. The van der Waals surface area contributed by atoms with E-state index in [0.717, 1.165) is 23.3 Å². The van der Waals surface area contributed by atoms with Crippen molar-refractivity contribution in [1.82, 2.24) is 8.96 Å². The van der Waals surface area contributed by atoms with E-state index in [1.54, 1.807) is 6.07 Å². The van der Waals surface area contributed by atoms with Gasteiger partial charge in [0.1, 0.15) is 11.9 Å². The number of carboxylic acid groups (broad SMARTS) is 1. The highest BCUT2D eigenvalue weighted by molar-refractivity contribution is 7.90. The maximum Gasteiger partial charge on any atom is 0.345 e. The third-order valence-corrected chi connectivity index (χ3v) is 6.21. The van der Waals surface area contributed by atoms with E-state index in [1.807, 2.05) is 0 Å². The summed E-state index contributed by atoms with van der Waals surface area (Å²) in [5, 5.41) is 23.3. The number of ether oxygens (including phenoxy) is 1. The quantitative estimate of drug-likeness (QED) is 0.355. The van der Waals surface area contributed by atoms with Gasteiger partial charge >= 0.3 is 18.3 Å². The van der Waals surface area contributed by atoms with Crippen molar-refractivity contribution in [3.05, 3.63) is 58.9 Å². The SMILES string of the molecule is C[C@@](COC(F)F)(Nc1c([N+](=O)[O-])cnc2c1ccn2S(=O)(=O)c1ccccc1)C(=O)O. The Morgan fingerprint density at radius 2 is 2.00 bits per heavy atom. The fraction of sp³-hybridized carbons (Fsp3) is 0.222. The number of halogens is 2. The van der Waals surface area contributed by atoms with Crippen LogP contribution in [0.5, 0.6) is 0 Å². The van der Waals surface area contributed by atoms with E-state index in [1.165, 1.54) is 30.3 Å². The van der Waals surface area contributed by atoms with Gasteiger partial charge in [0.2, 0.25) is 0 Å². The van der Waals surface area contributed by atoms with E-state index in [2.05, 4.69) is 15.0 Å². The second-order valence-corrected chi connectivity index (χ2v) is 8.59. The average Bonchev–Trinajstić information content (AvgIpc) is 3.18. The van der Waals surface area contributed by atoms with Crippen LogP contribution in [0, 0.1) is 10.1 Å². The van der Waals surface area contributed by atoms with Crippen molar-refractivity contribution in [2.45, 2.75) is 24.0 Å². The molecule has 1 aromatic carbocycles. The summed E-state index contributed by atoms with van der Waals surface area (Å²) in [7, 11) is -4.14. The summed E-state index contributed by atoms with van der Waals surface area (Å²) < 4.78 is 55.8. The molecular weight excluding hydrogens is 454 g/mol. The van der Waals surface area contributed by atoms with E-state index in [4.69, 9.17) is 0 Å². The van der Waals surface area contributed by atoms with E-state index >= 15 is 0 Å². The van der Waals surface area contributed by atoms with Crippen molar-refractivity contribution in [3.8, 4) is 0 Å². The first kappa shape index (κ1) is 23.0. The molecule has 0 saturated carbocycles. The minimum absolute atomic E-state index is 0.0760. The molecule has 0 radical (unpaired) electrons. The van der Waals surface area contributed by atoms with Crippen LogP contribution < -0.4 is 5.32 Å². The summed E-state index contributed by atoms with van der Waals surface area (Å²) in [4.78, 5) is 26.2. The summed E-state index contributed by atoms with van der Waals surface area (Å²) in [5.74, 6) is -1.63. The molecule has 0 bridgehead atoms. The molecule has 0 saturated heterocycles. The number of hydrogen-bond acceptors (Lipinski definition) is 8. The van der Waals surface area contributed by atoms with Crippen molar-refractivity contribution in [2.75, 3.05) is 11.9 Å². The minimum Gasteiger partial charge on any atom is -0.479 e. The zero-order valence-electron chi connectivity index (χ0n) is 16.3. The van der Waals surface area contributed by atoms with E-state index in [0.29, 0.717) is 0 Å². The first-order chi connectivity index (χ1) is 15.0. The number of nitrogens with one attached hydrogen (secondary N) is 1. The van der Waals surface area contributed by atoms with Gasteiger partial charge in [-0.05, 0) is 25.1 Å². The van der Waals surface area contributed by atoms with Crippen molar-refractivity contribution in [3.63, 3.8) is 0 Å². The number of hydrogen-bond donors (Lipinski definition) is 2. The van der Waals surface area contributed by atoms with E-state index in [9.17, 15) is 37.2 Å². The lowest BCUT2D eigenvalue weighted by atomic mass is 10.0. The topological polar surface area (TPSA) is 154 Å². The Morgan fingerprint density at radius 3 is 2.56 bits per heavy atom. The van der Waals surface area contributed by atoms with Crippen molar-refractivity contribution < 1.29 is 36.8 Å². The van der Waals surface area contributed by atoms with Crippen LogP contribution in [0.3, 0.4) is 0 Å². The maximum absolute atomic E-state index is 13.0.